The summed E-state index contributed by atoms with van der Waals surface area (Å²) in [4.78, 5) is 12.0. The number of allylic oxidation sites excluding steroid dienone is 1. The Morgan fingerprint density at radius 3 is 2.80 bits per heavy atom. The number of methoxy groups -OCH3 is 1. The molecule has 20 heavy (non-hydrogen) atoms. The molecule has 0 aromatic heterocycles. The van der Waals surface area contributed by atoms with Crippen LogP contribution < -0.4 is 0 Å². The molecule has 0 spiro atoms. The quantitative estimate of drug-likeness (QED) is 0.778. The van der Waals surface area contributed by atoms with Crippen molar-refractivity contribution in [3.8, 4) is 0 Å². The highest BCUT2D eigenvalue weighted by atomic mass is 19.1. The lowest BCUT2D eigenvalue weighted by Gasteiger charge is -2.21. The van der Waals surface area contributed by atoms with Crippen LogP contribution in [0.25, 0.3) is 5.57 Å². The van der Waals surface area contributed by atoms with E-state index >= 15 is 0 Å². The maximum Gasteiger partial charge on any atom is 0.338 e. The summed E-state index contributed by atoms with van der Waals surface area (Å²) in [7, 11) is 1.37. The highest BCUT2D eigenvalue weighted by Crippen LogP contribution is 2.38. The van der Waals surface area contributed by atoms with E-state index in [1.807, 2.05) is 6.08 Å². The van der Waals surface area contributed by atoms with E-state index in [2.05, 4.69) is 0 Å². The predicted octanol–water partition coefficient (Wildman–Crippen LogP) is 2.73. The number of esters is 1. The second-order valence-corrected chi connectivity index (χ2v) is 5.03. The number of hydrogen-bond donors (Lipinski definition) is 0. The predicted molar refractivity (Wildman–Crippen MR) is 72.3 cm³/mol. The highest BCUT2D eigenvalue weighted by Gasteiger charge is 2.30. The van der Waals surface area contributed by atoms with Crippen molar-refractivity contribution in [3.05, 3.63) is 52.9 Å². The van der Waals surface area contributed by atoms with Gasteiger partial charge < -0.3 is 9.47 Å². The molecule has 1 aliphatic carbocycles. The number of ether oxygens (including phenoxy) is 2. The van der Waals surface area contributed by atoms with Gasteiger partial charge in [0.15, 0.2) is 0 Å². The fraction of sp³-hybridized carbons (Fsp3) is 0.312. The lowest BCUT2D eigenvalue weighted by atomic mass is 9.82. The van der Waals surface area contributed by atoms with E-state index in [4.69, 9.17) is 9.47 Å². The van der Waals surface area contributed by atoms with E-state index in [0.29, 0.717) is 24.7 Å². The second-order valence-electron chi connectivity index (χ2n) is 5.03. The molecule has 0 N–H and O–H groups in total. The molecule has 104 valence electrons. The number of carbonyl (C=O) groups is 1. The van der Waals surface area contributed by atoms with Gasteiger partial charge >= 0.3 is 5.97 Å². The van der Waals surface area contributed by atoms with E-state index < -0.39 is 0 Å². The number of fused-ring (bicyclic) bond motifs is 1. The van der Waals surface area contributed by atoms with Gasteiger partial charge in [0.05, 0.1) is 25.9 Å². The zero-order chi connectivity index (χ0) is 14.1. The molecule has 1 aromatic rings. The summed E-state index contributed by atoms with van der Waals surface area (Å²) in [5.41, 5.74) is 3.44. The number of carbonyl (C=O) groups excluding carboxylic acids is 1. The third kappa shape index (κ3) is 2.27. The number of benzene rings is 1. The molecular weight excluding hydrogens is 259 g/mol. The molecule has 1 saturated heterocycles. The average molecular weight is 274 g/mol. The minimum absolute atomic E-state index is 0.287. The Morgan fingerprint density at radius 2 is 2.10 bits per heavy atom. The molecule has 1 fully saturated rings. The van der Waals surface area contributed by atoms with E-state index in [1.165, 1.54) is 19.2 Å². The molecule has 1 heterocycles. The molecule has 3 nitrogen and oxygen atoms in total. The van der Waals surface area contributed by atoms with E-state index in [1.54, 1.807) is 12.1 Å². The molecular formula is C16H15FO3. The molecule has 2 aliphatic rings. The molecule has 4 heteroatoms. The van der Waals surface area contributed by atoms with Gasteiger partial charge in [-0.3, -0.25) is 0 Å². The van der Waals surface area contributed by atoms with Crippen molar-refractivity contribution in [3.63, 3.8) is 0 Å². The Kier molecular flexibility index (Phi) is 3.40. The molecule has 1 aromatic carbocycles. The zero-order valence-corrected chi connectivity index (χ0v) is 11.2. The molecule has 0 radical (unpaired) electrons. The van der Waals surface area contributed by atoms with E-state index in [-0.39, 0.29) is 11.8 Å². The largest absolute Gasteiger partial charge is 0.465 e. The lowest BCUT2D eigenvalue weighted by molar-refractivity contribution is -0.135. The Balaban J connectivity index is 2.07. The third-order valence-corrected chi connectivity index (χ3v) is 3.82. The Labute approximate surface area is 116 Å². The van der Waals surface area contributed by atoms with Crippen LogP contribution in [0.2, 0.25) is 0 Å². The van der Waals surface area contributed by atoms with Gasteiger partial charge in [-0.15, -0.1) is 0 Å². The van der Waals surface area contributed by atoms with Crippen molar-refractivity contribution < 1.29 is 18.7 Å². The number of rotatable bonds is 2. The minimum Gasteiger partial charge on any atom is -0.465 e. The summed E-state index contributed by atoms with van der Waals surface area (Å²) in [6.07, 6.45) is 2.59. The van der Waals surface area contributed by atoms with Gasteiger partial charge in [-0.05, 0) is 41.3 Å². The van der Waals surface area contributed by atoms with Crippen LogP contribution in [0.3, 0.4) is 0 Å². The zero-order valence-electron chi connectivity index (χ0n) is 11.2. The molecule has 1 aliphatic heterocycles. The molecule has 0 bridgehead atoms. The first-order valence-electron chi connectivity index (χ1n) is 6.54. The van der Waals surface area contributed by atoms with Gasteiger partial charge in [-0.25, -0.2) is 9.18 Å². The van der Waals surface area contributed by atoms with Crippen molar-refractivity contribution in [2.75, 3.05) is 20.3 Å². The van der Waals surface area contributed by atoms with Crippen molar-refractivity contribution in [2.24, 2.45) is 5.92 Å². The monoisotopic (exact) mass is 274 g/mol. The van der Waals surface area contributed by atoms with Gasteiger partial charge in [-0.2, -0.15) is 0 Å². The minimum atomic E-state index is -0.359. The smallest absolute Gasteiger partial charge is 0.338 e. The van der Waals surface area contributed by atoms with Crippen molar-refractivity contribution >= 4 is 11.5 Å². The van der Waals surface area contributed by atoms with Crippen LogP contribution in [0.5, 0.6) is 0 Å². The normalized spacial score (nSPS) is 21.5. The van der Waals surface area contributed by atoms with Crippen LogP contribution in [-0.2, 0) is 14.3 Å². The van der Waals surface area contributed by atoms with Crippen LogP contribution in [-0.4, -0.2) is 26.3 Å². The average Bonchev–Trinajstić information content (AvgIpc) is 2.93. The van der Waals surface area contributed by atoms with Crippen molar-refractivity contribution in [1.82, 2.24) is 0 Å². The Bertz CT molecular complexity index is 599. The lowest BCUT2D eigenvalue weighted by Crippen LogP contribution is -2.15. The van der Waals surface area contributed by atoms with Gasteiger partial charge in [-0.1, -0.05) is 12.1 Å². The second kappa shape index (κ2) is 5.21. The summed E-state index contributed by atoms with van der Waals surface area (Å²) < 4.78 is 23.4. The maximum absolute atomic E-state index is 13.1. The first kappa shape index (κ1) is 13.1. The highest BCUT2D eigenvalue weighted by molar-refractivity contribution is 6.01. The van der Waals surface area contributed by atoms with Gasteiger partial charge in [0.1, 0.15) is 5.82 Å². The summed E-state index contributed by atoms with van der Waals surface area (Å²) in [6.45, 7) is 1.24. The number of hydrogen-bond acceptors (Lipinski definition) is 3. The summed E-state index contributed by atoms with van der Waals surface area (Å²) in [5, 5.41) is 0. The van der Waals surface area contributed by atoms with Gasteiger partial charge in [0.2, 0.25) is 0 Å². The first-order valence-corrected chi connectivity index (χ1v) is 6.54. The van der Waals surface area contributed by atoms with Crippen LogP contribution in [0.4, 0.5) is 4.39 Å². The van der Waals surface area contributed by atoms with Crippen LogP contribution in [0, 0.1) is 11.7 Å². The van der Waals surface area contributed by atoms with Crippen LogP contribution in [0.1, 0.15) is 12.0 Å². The first-order chi connectivity index (χ1) is 9.69. The molecule has 0 amide bonds. The molecule has 0 saturated carbocycles. The molecule has 0 unspecified atom stereocenters. The van der Waals surface area contributed by atoms with E-state index in [9.17, 15) is 9.18 Å². The van der Waals surface area contributed by atoms with Crippen molar-refractivity contribution in [1.29, 1.82) is 0 Å². The Hall–Kier alpha value is -1.94. The van der Waals surface area contributed by atoms with Gasteiger partial charge in [0.25, 0.3) is 0 Å². The van der Waals surface area contributed by atoms with Crippen molar-refractivity contribution in [2.45, 2.75) is 6.42 Å². The maximum atomic E-state index is 13.1. The molecule has 1 atom stereocenters. The number of halogens is 1. The van der Waals surface area contributed by atoms with Crippen LogP contribution in [0.15, 0.2) is 41.5 Å². The Morgan fingerprint density at radius 1 is 1.35 bits per heavy atom. The SMILES string of the molecule is COC(=O)C1=C(c2ccc(F)cc2)C[C@@H]2COCC2=C1. The fourth-order valence-electron chi connectivity index (χ4n) is 2.74. The topological polar surface area (TPSA) is 35.5 Å². The standard InChI is InChI=1S/C16H15FO3/c1-19-16(18)15-7-12-9-20-8-11(12)6-14(15)10-2-4-13(17)5-3-10/h2-5,7,11H,6,8-9H2,1H3/t11-/m1/s1. The van der Waals surface area contributed by atoms with E-state index in [0.717, 1.165) is 23.1 Å². The third-order valence-electron chi connectivity index (χ3n) is 3.82. The summed E-state index contributed by atoms with van der Waals surface area (Å²) in [5.74, 6) is -0.337. The molecule has 3 rings (SSSR count). The fourth-order valence-corrected chi connectivity index (χ4v) is 2.74. The summed E-state index contributed by atoms with van der Waals surface area (Å²) in [6, 6.07) is 6.20. The van der Waals surface area contributed by atoms with Gasteiger partial charge in [0, 0.05) is 5.92 Å². The summed E-state index contributed by atoms with van der Waals surface area (Å²) >= 11 is 0. The van der Waals surface area contributed by atoms with Crippen LogP contribution >= 0.6 is 0 Å².